The number of halogens is 1. The first-order valence-corrected chi connectivity index (χ1v) is 10.6. The highest BCUT2D eigenvalue weighted by Gasteiger charge is 2.39. The Balaban J connectivity index is 2.43. The molecule has 0 bridgehead atoms. The zero-order valence-corrected chi connectivity index (χ0v) is 15.6. The van der Waals surface area contributed by atoms with E-state index < -0.39 is 20.2 Å². The molecule has 0 saturated carbocycles. The zero-order valence-electron chi connectivity index (χ0n) is 14.6. The summed E-state index contributed by atoms with van der Waals surface area (Å²) in [6, 6.07) is 7.26. The van der Waals surface area contributed by atoms with Gasteiger partial charge in [-0.25, -0.2) is 4.39 Å². The second-order valence-corrected chi connectivity index (χ2v) is 12.0. The third-order valence-electron chi connectivity index (χ3n) is 4.58. The average molecular weight is 336 g/mol. The van der Waals surface area contributed by atoms with Crippen molar-refractivity contribution in [1.29, 1.82) is 0 Å². The Morgan fingerprint density at radius 1 is 1.26 bits per heavy atom. The third-order valence-corrected chi connectivity index (χ3v) is 8.92. The maximum atomic E-state index is 13.9. The number of benzene rings is 1. The molecule has 1 atom stereocenters. The summed E-state index contributed by atoms with van der Waals surface area (Å²) in [6.07, 6.45) is -0.0148. The number of hydrogen-bond acceptors (Lipinski definition) is 3. The molecule has 0 saturated heterocycles. The molecule has 0 aliphatic carbocycles. The van der Waals surface area contributed by atoms with E-state index in [1.165, 1.54) is 4.68 Å². The van der Waals surface area contributed by atoms with Crippen molar-refractivity contribution >= 4 is 8.32 Å². The minimum Gasteiger partial charge on any atom is -0.543 e. The number of hydrogen-bond donors (Lipinski definition) is 1. The fourth-order valence-corrected chi connectivity index (χ4v) is 3.14. The highest BCUT2D eigenvalue weighted by Crippen LogP contribution is 2.40. The van der Waals surface area contributed by atoms with Gasteiger partial charge in [-0.3, -0.25) is 4.68 Å². The Kier molecular flexibility index (Phi) is 4.68. The van der Waals surface area contributed by atoms with E-state index in [1.807, 2.05) is 18.2 Å². The molecule has 1 unspecified atom stereocenters. The summed E-state index contributed by atoms with van der Waals surface area (Å²) in [6.45, 7) is 10.7. The lowest BCUT2D eigenvalue weighted by Gasteiger charge is -2.37. The molecule has 0 spiro atoms. The second kappa shape index (κ2) is 6.09. The fourth-order valence-electron chi connectivity index (χ4n) is 2.10. The molecule has 0 aliphatic heterocycles. The Morgan fingerprint density at radius 3 is 2.39 bits per heavy atom. The molecular weight excluding hydrogens is 311 g/mol. The van der Waals surface area contributed by atoms with Crippen molar-refractivity contribution in [3.8, 4) is 5.75 Å². The molecule has 1 heterocycles. The van der Waals surface area contributed by atoms with Gasteiger partial charge in [0.1, 0.15) is 17.5 Å². The van der Waals surface area contributed by atoms with Crippen molar-refractivity contribution in [3.05, 3.63) is 47.5 Å². The van der Waals surface area contributed by atoms with Crippen LogP contribution < -0.4 is 4.43 Å². The standard InChI is InChI=1S/C17H25FN2O2Si/c1-17(2,3)23(5,6)22-14-10-8-7-9-12(14)16(21)15-13(18)11-19-20(15)4/h7-11,16,21H,1-6H3. The first-order chi connectivity index (χ1) is 10.5. The lowest BCUT2D eigenvalue weighted by atomic mass is 10.1. The van der Waals surface area contributed by atoms with E-state index >= 15 is 0 Å². The third kappa shape index (κ3) is 3.48. The molecular formula is C17H25FN2O2Si. The second-order valence-electron chi connectivity index (χ2n) is 7.30. The van der Waals surface area contributed by atoms with Gasteiger partial charge in [-0.1, -0.05) is 39.0 Å². The monoisotopic (exact) mass is 336 g/mol. The van der Waals surface area contributed by atoms with E-state index in [0.717, 1.165) is 6.20 Å². The van der Waals surface area contributed by atoms with Crippen LogP contribution in [0.25, 0.3) is 0 Å². The normalized spacial score (nSPS) is 13.9. The molecule has 0 amide bonds. The molecule has 0 fully saturated rings. The maximum Gasteiger partial charge on any atom is 0.250 e. The molecule has 1 aromatic carbocycles. The average Bonchev–Trinajstić information content (AvgIpc) is 2.76. The quantitative estimate of drug-likeness (QED) is 0.858. The predicted molar refractivity (Wildman–Crippen MR) is 91.5 cm³/mol. The molecule has 23 heavy (non-hydrogen) atoms. The van der Waals surface area contributed by atoms with Gasteiger partial charge >= 0.3 is 0 Å². The summed E-state index contributed by atoms with van der Waals surface area (Å²) in [5, 5.41) is 14.5. The summed E-state index contributed by atoms with van der Waals surface area (Å²) < 4.78 is 21.6. The maximum absolute atomic E-state index is 13.9. The minimum absolute atomic E-state index is 0.0306. The van der Waals surface area contributed by atoms with Gasteiger partial charge in [0.15, 0.2) is 5.82 Å². The number of para-hydroxylation sites is 1. The number of aromatic nitrogens is 2. The van der Waals surface area contributed by atoms with Crippen LogP contribution in [0, 0.1) is 5.82 Å². The molecule has 6 heteroatoms. The van der Waals surface area contributed by atoms with Gasteiger partial charge < -0.3 is 9.53 Å². The lowest BCUT2D eigenvalue weighted by molar-refractivity contribution is 0.201. The molecule has 0 aliphatic rings. The molecule has 1 N–H and O–H groups in total. The molecule has 1 aromatic heterocycles. The van der Waals surface area contributed by atoms with Gasteiger partial charge in [0, 0.05) is 12.6 Å². The highest BCUT2D eigenvalue weighted by molar-refractivity contribution is 6.74. The summed E-state index contributed by atoms with van der Waals surface area (Å²) in [5.74, 6) is 0.0781. The van der Waals surface area contributed by atoms with Gasteiger partial charge in [-0.15, -0.1) is 0 Å². The van der Waals surface area contributed by atoms with E-state index in [1.54, 1.807) is 13.1 Å². The molecule has 0 radical (unpaired) electrons. The molecule has 2 rings (SSSR count). The molecule has 4 nitrogen and oxygen atoms in total. The number of aliphatic hydroxyl groups is 1. The van der Waals surface area contributed by atoms with Crippen LogP contribution in [-0.4, -0.2) is 23.2 Å². The van der Waals surface area contributed by atoms with Crippen LogP contribution in [0.4, 0.5) is 4.39 Å². The van der Waals surface area contributed by atoms with Gasteiger partial charge in [0.2, 0.25) is 8.32 Å². The number of aryl methyl sites for hydroxylation is 1. The van der Waals surface area contributed by atoms with Gasteiger partial charge in [0.05, 0.1) is 6.20 Å². The SMILES string of the molecule is Cn1ncc(F)c1C(O)c1ccccc1O[Si](C)(C)C(C)(C)C. The zero-order chi connectivity index (χ0) is 17.4. The van der Waals surface area contributed by atoms with Crippen LogP contribution in [0.2, 0.25) is 18.1 Å². The van der Waals surface area contributed by atoms with Crippen molar-refractivity contribution in [2.45, 2.75) is 45.0 Å². The number of aliphatic hydroxyl groups excluding tert-OH is 1. The minimum atomic E-state index is -2.06. The lowest BCUT2D eigenvalue weighted by Crippen LogP contribution is -2.44. The van der Waals surface area contributed by atoms with Crippen molar-refractivity contribution in [2.75, 3.05) is 0 Å². The summed E-state index contributed by atoms with van der Waals surface area (Å²) in [4.78, 5) is 0. The summed E-state index contributed by atoms with van der Waals surface area (Å²) in [7, 11) is -0.452. The van der Waals surface area contributed by atoms with E-state index in [4.69, 9.17) is 4.43 Å². The van der Waals surface area contributed by atoms with E-state index in [-0.39, 0.29) is 10.7 Å². The first-order valence-electron chi connectivity index (χ1n) is 7.68. The topological polar surface area (TPSA) is 47.3 Å². The van der Waals surface area contributed by atoms with Gasteiger partial charge in [0.25, 0.3) is 0 Å². The molecule has 126 valence electrons. The number of nitrogens with zero attached hydrogens (tertiary/aromatic N) is 2. The van der Waals surface area contributed by atoms with Crippen molar-refractivity contribution in [1.82, 2.24) is 9.78 Å². The molecule has 2 aromatic rings. The summed E-state index contributed by atoms with van der Waals surface area (Å²) in [5.41, 5.74) is 0.691. The Hall–Kier alpha value is -1.66. The fraction of sp³-hybridized carbons (Fsp3) is 0.471. The van der Waals surface area contributed by atoms with Gasteiger partial charge in [-0.2, -0.15) is 5.10 Å². The van der Waals surface area contributed by atoms with Crippen LogP contribution >= 0.6 is 0 Å². The van der Waals surface area contributed by atoms with Crippen molar-refractivity contribution in [2.24, 2.45) is 7.05 Å². The predicted octanol–water partition coefficient (Wildman–Crippen LogP) is 4.02. The van der Waals surface area contributed by atoms with Crippen molar-refractivity contribution < 1.29 is 13.9 Å². The number of rotatable bonds is 4. The smallest absolute Gasteiger partial charge is 0.250 e. The van der Waals surface area contributed by atoms with Crippen LogP contribution in [0.15, 0.2) is 30.5 Å². The van der Waals surface area contributed by atoms with E-state index in [2.05, 4.69) is 39.0 Å². The Labute approximate surface area is 138 Å². The Bertz CT molecular complexity index is 673. The summed E-state index contributed by atoms with van der Waals surface area (Å²) >= 11 is 0. The largest absolute Gasteiger partial charge is 0.543 e. The Morgan fingerprint density at radius 2 is 1.87 bits per heavy atom. The first kappa shape index (κ1) is 17.7. The van der Waals surface area contributed by atoms with Crippen molar-refractivity contribution in [3.63, 3.8) is 0 Å². The van der Waals surface area contributed by atoms with E-state index in [0.29, 0.717) is 11.3 Å². The van der Waals surface area contributed by atoms with Crippen LogP contribution in [-0.2, 0) is 7.05 Å². The van der Waals surface area contributed by atoms with Crippen LogP contribution in [0.5, 0.6) is 5.75 Å². The van der Waals surface area contributed by atoms with Crippen LogP contribution in [0.3, 0.4) is 0 Å². The van der Waals surface area contributed by atoms with Gasteiger partial charge in [-0.05, 0) is 24.2 Å². The van der Waals surface area contributed by atoms with E-state index in [9.17, 15) is 9.50 Å². The van der Waals surface area contributed by atoms with Crippen LogP contribution in [0.1, 0.15) is 38.1 Å². The highest BCUT2D eigenvalue weighted by atomic mass is 28.4.